The van der Waals surface area contributed by atoms with Crippen molar-refractivity contribution in [2.75, 3.05) is 31.1 Å². The van der Waals surface area contributed by atoms with Crippen LogP contribution in [0.2, 0.25) is 0 Å². The summed E-state index contributed by atoms with van der Waals surface area (Å²) in [7, 11) is 0. The monoisotopic (exact) mass is 348 g/mol. The van der Waals surface area contributed by atoms with E-state index < -0.39 is 0 Å². The van der Waals surface area contributed by atoms with E-state index >= 15 is 0 Å². The third-order valence-corrected chi connectivity index (χ3v) is 5.71. The van der Waals surface area contributed by atoms with E-state index in [-0.39, 0.29) is 0 Å². The van der Waals surface area contributed by atoms with Gasteiger partial charge in [-0.1, -0.05) is 30.3 Å². The van der Waals surface area contributed by atoms with Crippen molar-refractivity contribution in [1.29, 1.82) is 0 Å². The van der Waals surface area contributed by atoms with Gasteiger partial charge in [-0.3, -0.25) is 4.90 Å². The number of aryl methyl sites for hydroxylation is 1. The molecule has 2 aromatic rings. The molecule has 2 aliphatic rings. The van der Waals surface area contributed by atoms with Crippen molar-refractivity contribution in [2.45, 2.75) is 32.7 Å². The van der Waals surface area contributed by atoms with E-state index in [1.807, 2.05) is 6.07 Å². The minimum Gasteiger partial charge on any atom is -0.508 e. The molecular weight excluding hydrogens is 320 g/mol. The molecule has 0 bridgehead atoms. The van der Waals surface area contributed by atoms with E-state index in [0.29, 0.717) is 5.75 Å². The minimum atomic E-state index is 0.425. The number of allylic oxidation sites excluding steroid dienone is 2. The molecule has 2 aromatic carbocycles. The van der Waals surface area contributed by atoms with Gasteiger partial charge in [-0.15, -0.1) is 0 Å². The van der Waals surface area contributed by atoms with Gasteiger partial charge in [-0.25, -0.2) is 0 Å². The maximum Gasteiger partial charge on any atom is 0.120 e. The Balaban J connectivity index is 1.41. The summed E-state index contributed by atoms with van der Waals surface area (Å²) < 4.78 is 0. The lowest BCUT2D eigenvalue weighted by Gasteiger charge is -2.37. The Kier molecular flexibility index (Phi) is 4.98. The Morgan fingerprint density at radius 2 is 1.81 bits per heavy atom. The maximum atomic E-state index is 10.3. The number of anilines is 1. The molecule has 0 atom stereocenters. The highest BCUT2D eigenvalue weighted by Gasteiger charge is 2.19. The predicted molar refractivity (Wildman–Crippen MR) is 109 cm³/mol. The summed E-state index contributed by atoms with van der Waals surface area (Å²) in [5, 5.41) is 10.3. The standard InChI is InChI=1S/C23H28N2O/c1-18-6-2-5-9-22(18)25-14-12-24(13-15-25)17-21-16-20(10-11-23(21)26)19-7-3-4-8-19/h2,5-7,9-11,16,26H,3-4,8,12-15,17H2,1H3. The summed E-state index contributed by atoms with van der Waals surface area (Å²) in [5.41, 5.74) is 6.48. The van der Waals surface area contributed by atoms with Crippen LogP contribution in [0, 0.1) is 6.92 Å². The summed E-state index contributed by atoms with van der Waals surface area (Å²) in [6, 6.07) is 14.7. The fourth-order valence-corrected chi connectivity index (χ4v) is 4.15. The molecule has 1 heterocycles. The summed E-state index contributed by atoms with van der Waals surface area (Å²) >= 11 is 0. The molecule has 1 saturated heterocycles. The third-order valence-electron chi connectivity index (χ3n) is 5.71. The quantitative estimate of drug-likeness (QED) is 0.875. The Bertz CT molecular complexity index is 804. The van der Waals surface area contributed by atoms with Crippen molar-refractivity contribution >= 4 is 11.3 Å². The molecule has 0 amide bonds. The molecule has 3 nitrogen and oxygen atoms in total. The van der Waals surface area contributed by atoms with E-state index in [9.17, 15) is 5.11 Å². The molecule has 1 N–H and O–H groups in total. The molecule has 0 unspecified atom stereocenters. The van der Waals surface area contributed by atoms with Crippen LogP contribution in [0.1, 0.15) is 36.0 Å². The Morgan fingerprint density at radius 1 is 1.00 bits per heavy atom. The first kappa shape index (κ1) is 17.2. The number of hydrogen-bond acceptors (Lipinski definition) is 3. The molecule has 136 valence electrons. The number of aromatic hydroxyl groups is 1. The summed E-state index contributed by atoms with van der Waals surface area (Å²) in [5.74, 6) is 0.425. The van der Waals surface area contributed by atoms with E-state index in [1.165, 1.54) is 41.6 Å². The van der Waals surface area contributed by atoms with Gasteiger partial charge in [0.2, 0.25) is 0 Å². The van der Waals surface area contributed by atoms with Gasteiger partial charge in [0.1, 0.15) is 5.75 Å². The van der Waals surface area contributed by atoms with Crippen LogP contribution in [0.4, 0.5) is 5.69 Å². The van der Waals surface area contributed by atoms with Crippen LogP contribution < -0.4 is 4.90 Å². The molecule has 0 aromatic heterocycles. The summed E-state index contributed by atoms with van der Waals surface area (Å²) in [6.07, 6.45) is 5.95. The molecular formula is C23H28N2O. The van der Waals surface area contributed by atoms with Crippen molar-refractivity contribution in [3.63, 3.8) is 0 Å². The Hall–Kier alpha value is -2.26. The number of nitrogens with zero attached hydrogens (tertiary/aromatic N) is 2. The SMILES string of the molecule is Cc1ccccc1N1CCN(Cc2cc(C3=CCCC3)ccc2O)CC1. The van der Waals surface area contributed by atoms with Crippen molar-refractivity contribution in [2.24, 2.45) is 0 Å². The molecule has 0 spiro atoms. The van der Waals surface area contributed by atoms with E-state index in [4.69, 9.17) is 0 Å². The fraction of sp³-hybridized carbons (Fsp3) is 0.391. The van der Waals surface area contributed by atoms with Crippen molar-refractivity contribution in [1.82, 2.24) is 4.90 Å². The van der Waals surface area contributed by atoms with Gasteiger partial charge in [0, 0.05) is 44.0 Å². The molecule has 1 aliphatic heterocycles. The van der Waals surface area contributed by atoms with Crippen molar-refractivity contribution < 1.29 is 5.11 Å². The van der Waals surface area contributed by atoms with Crippen LogP contribution in [0.25, 0.3) is 5.57 Å². The van der Waals surface area contributed by atoms with Gasteiger partial charge in [0.05, 0.1) is 0 Å². The highest BCUT2D eigenvalue weighted by molar-refractivity contribution is 5.68. The van der Waals surface area contributed by atoms with Gasteiger partial charge < -0.3 is 10.0 Å². The number of benzene rings is 2. The second-order valence-corrected chi connectivity index (χ2v) is 7.51. The molecule has 3 heteroatoms. The normalized spacial score (nSPS) is 18.2. The van der Waals surface area contributed by atoms with Gasteiger partial charge in [0.15, 0.2) is 0 Å². The summed E-state index contributed by atoms with van der Waals surface area (Å²) in [4.78, 5) is 4.93. The van der Waals surface area contributed by atoms with Gasteiger partial charge >= 0.3 is 0 Å². The number of phenols is 1. The van der Waals surface area contributed by atoms with Crippen LogP contribution in [0.3, 0.4) is 0 Å². The number of hydrogen-bond donors (Lipinski definition) is 1. The average Bonchev–Trinajstić information content (AvgIpc) is 3.19. The van der Waals surface area contributed by atoms with E-state index in [0.717, 1.165) is 38.3 Å². The summed E-state index contributed by atoms with van der Waals surface area (Å²) in [6.45, 7) is 7.14. The second-order valence-electron chi connectivity index (χ2n) is 7.51. The lowest BCUT2D eigenvalue weighted by atomic mass is 10.0. The lowest BCUT2D eigenvalue weighted by Crippen LogP contribution is -2.46. The van der Waals surface area contributed by atoms with Crippen LogP contribution in [0.15, 0.2) is 48.5 Å². The second kappa shape index (κ2) is 7.55. The van der Waals surface area contributed by atoms with Crippen LogP contribution in [0.5, 0.6) is 5.75 Å². The zero-order valence-electron chi connectivity index (χ0n) is 15.6. The van der Waals surface area contributed by atoms with Crippen LogP contribution in [-0.4, -0.2) is 36.2 Å². The topological polar surface area (TPSA) is 26.7 Å². The minimum absolute atomic E-state index is 0.425. The Labute approximate surface area is 156 Å². The lowest BCUT2D eigenvalue weighted by molar-refractivity contribution is 0.246. The largest absolute Gasteiger partial charge is 0.508 e. The highest BCUT2D eigenvalue weighted by Crippen LogP contribution is 2.31. The Morgan fingerprint density at radius 3 is 2.54 bits per heavy atom. The van der Waals surface area contributed by atoms with Crippen LogP contribution in [-0.2, 0) is 6.54 Å². The smallest absolute Gasteiger partial charge is 0.120 e. The van der Waals surface area contributed by atoms with E-state index in [2.05, 4.69) is 59.2 Å². The van der Waals surface area contributed by atoms with Crippen molar-refractivity contribution in [3.8, 4) is 5.75 Å². The first-order valence-corrected chi connectivity index (χ1v) is 9.75. The molecule has 4 rings (SSSR count). The molecule has 1 aliphatic carbocycles. The fourth-order valence-electron chi connectivity index (χ4n) is 4.15. The van der Waals surface area contributed by atoms with Crippen LogP contribution >= 0.6 is 0 Å². The van der Waals surface area contributed by atoms with E-state index in [1.54, 1.807) is 0 Å². The zero-order valence-corrected chi connectivity index (χ0v) is 15.6. The third kappa shape index (κ3) is 3.63. The van der Waals surface area contributed by atoms with Gasteiger partial charge in [-0.05, 0) is 61.1 Å². The number of rotatable bonds is 4. The molecule has 1 fully saturated rings. The zero-order chi connectivity index (χ0) is 17.9. The highest BCUT2D eigenvalue weighted by atomic mass is 16.3. The molecule has 0 radical (unpaired) electrons. The first-order chi connectivity index (χ1) is 12.7. The van der Waals surface area contributed by atoms with Crippen molar-refractivity contribution in [3.05, 3.63) is 65.2 Å². The average molecular weight is 348 g/mol. The van der Waals surface area contributed by atoms with Gasteiger partial charge in [0.25, 0.3) is 0 Å². The molecule has 0 saturated carbocycles. The first-order valence-electron chi connectivity index (χ1n) is 9.75. The molecule has 26 heavy (non-hydrogen) atoms. The number of phenolic OH excluding ortho intramolecular Hbond substituents is 1. The number of piperazine rings is 1. The maximum absolute atomic E-state index is 10.3. The van der Waals surface area contributed by atoms with Gasteiger partial charge in [-0.2, -0.15) is 0 Å². The number of para-hydroxylation sites is 1. The predicted octanol–water partition coefficient (Wildman–Crippen LogP) is 4.59.